The molecule has 0 aliphatic heterocycles. The molecule has 0 bridgehead atoms. The van der Waals surface area contributed by atoms with Gasteiger partial charge < -0.3 is 4.57 Å². The van der Waals surface area contributed by atoms with Crippen LogP contribution in [0.1, 0.15) is 46.0 Å². The Hall–Kier alpha value is -1.61. The van der Waals surface area contributed by atoms with Crippen molar-refractivity contribution in [3.8, 4) is 0 Å². The summed E-state index contributed by atoms with van der Waals surface area (Å²) in [6.45, 7) is 4.00. The monoisotopic (exact) mass is 512 g/mol. The van der Waals surface area contributed by atoms with E-state index >= 15 is 0 Å². The first-order valence-corrected chi connectivity index (χ1v) is 12.5. The van der Waals surface area contributed by atoms with Crippen molar-refractivity contribution in [2.45, 2.75) is 19.8 Å². The molecule has 0 atom stereocenters. The Morgan fingerprint density at radius 1 is 0.677 bits per heavy atom. The molecule has 0 saturated carbocycles. The molecule has 0 aliphatic rings. The molecule has 0 unspecified atom stereocenters. The summed E-state index contributed by atoms with van der Waals surface area (Å²) in [4.78, 5) is 27.3. The Bertz CT molecular complexity index is 1110. The molecule has 0 N–H and O–H groups in total. The van der Waals surface area contributed by atoms with E-state index in [1.54, 1.807) is 24.3 Å². The van der Waals surface area contributed by atoms with Crippen molar-refractivity contribution in [3.63, 3.8) is 0 Å². The van der Waals surface area contributed by atoms with E-state index in [2.05, 4.69) is 0 Å². The third kappa shape index (κ3) is 4.49. The fourth-order valence-electron chi connectivity index (χ4n) is 3.12. The van der Waals surface area contributed by atoms with E-state index in [1.165, 1.54) is 36.4 Å². The van der Waals surface area contributed by atoms with Crippen LogP contribution in [0.4, 0.5) is 0 Å². The van der Waals surface area contributed by atoms with Gasteiger partial charge in [-0.1, -0.05) is 96.6 Å². The zero-order chi connectivity index (χ0) is 22.9. The number of benzene rings is 3. The maximum Gasteiger partial charge on any atom is 0.248 e. The summed E-state index contributed by atoms with van der Waals surface area (Å²) in [7, 11) is -4.47. The highest BCUT2D eigenvalue weighted by molar-refractivity contribution is 8.01. The highest BCUT2D eigenvalue weighted by Gasteiger charge is 2.45. The minimum absolute atomic E-state index is 0.00502. The van der Waals surface area contributed by atoms with Gasteiger partial charge in [-0.25, -0.2) is 0 Å². The predicted octanol–water partition coefficient (Wildman–Crippen LogP) is 8.09. The fraction of sp³-hybridized carbons (Fsp3) is 0.130. The number of carbonyl (C=O) groups excluding carboxylic acids is 2. The van der Waals surface area contributed by atoms with Gasteiger partial charge in [-0.2, -0.15) is 0 Å². The van der Waals surface area contributed by atoms with Crippen LogP contribution in [0.25, 0.3) is 0 Å². The first kappa shape index (κ1) is 24.0. The van der Waals surface area contributed by atoms with E-state index in [-0.39, 0.29) is 42.4 Å². The van der Waals surface area contributed by atoms with Gasteiger partial charge in [-0.05, 0) is 35.7 Å². The summed E-state index contributed by atoms with van der Waals surface area (Å²) in [5, 5.41) is 0.0344. The molecular formula is C23H17Cl4O3P. The maximum atomic E-state index is 14.4. The van der Waals surface area contributed by atoms with E-state index in [4.69, 9.17) is 46.4 Å². The second-order valence-electron chi connectivity index (χ2n) is 7.16. The van der Waals surface area contributed by atoms with Gasteiger partial charge >= 0.3 is 0 Å². The Morgan fingerprint density at radius 2 is 1.03 bits per heavy atom. The highest BCUT2D eigenvalue weighted by Crippen LogP contribution is 2.54. The standard InChI is InChI=1S/C23H17Cl4O3P/c1-13(2)14-9-11-15(12-10-14)31(30,22(28)20-16(24)5-3-6-17(20)25)23(29)21-18(26)7-4-8-19(21)27/h3-13H,1-2H3. The van der Waals surface area contributed by atoms with Crippen LogP contribution in [0, 0.1) is 0 Å². The van der Waals surface area contributed by atoms with Crippen LogP contribution in [-0.2, 0) is 4.57 Å². The molecule has 0 radical (unpaired) electrons. The Kier molecular flexibility index (Phi) is 7.35. The molecule has 0 fully saturated rings. The summed E-state index contributed by atoms with van der Waals surface area (Å²) < 4.78 is 14.4. The van der Waals surface area contributed by atoms with Crippen LogP contribution < -0.4 is 5.30 Å². The SMILES string of the molecule is CC(C)c1ccc(P(=O)(C(=O)c2c(Cl)cccc2Cl)C(=O)c2c(Cl)cccc2Cl)cc1. The number of hydrogen-bond donors (Lipinski definition) is 0. The van der Waals surface area contributed by atoms with Crippen molar-refractivity contribution in [2.75, 3.05) is 0 Å². The topological polar surface area (TPSA) is 51.2 Å². The van der Waals surface area contributed by atoms with Crippen LogP contribution in [0.15, 0.2) is 60.7 Å². The van der Waals surface area contributed by atoms with Crippen LogP contribution in [0.5, 0.6) is 0 Å². The summed E-state index contributed by atoms with van der Waals surface area (Å²) in [6, 6.07) is 15.4. The van der Waals surface area contributed by atoms with Crippen LogP contribution >= 0.6 is 53.5 Å². The van der Waals surface area contributed by atoms with Gasteiger partial charge in [0.15, 0.2) is 0 Å². The summed E-state index contributed by atoms with van der Waals surface area (Å²) in [5.41, 5.74) is -1.35. The van der Waals surface area contributed by atoms with Crippen molar-refractivity contribution < 1.29 is 14.2 Å². The van der Waals surface area contributed by atoms with Gasteiger partial charge in [0.2, 0.25) is 18.2 Å². The van der Waals surface area contributed by atoms with Crippen molar-refractivity contribution in [3.05, 3.63) is 97.4 Å². The van der Waals surface area contributed by atoms with Crippen molar-refractivity contribution in [2.24, 2.45) is 0 Å². The Balaban J connectivity index is 2.29. The average molecular weight is 514 g/mol. The smallest absolute Gasteiger partial charge is 0.248 e. The van der Waals surface area contributed by atoms with Gasteiger partial charge in [0, 0.05) is 5.30 Å². The first-order valence-electron chi connectivity index (χ1n) is 9.27. The molecule has 0 amide bonds. The van der Waals surface area contributed by atoms with Crippen LogP contribution in [0.3, 0.4) is 0 Å². The molecule has 0 saturated heterocycles. The molecule has 8 heteroatoms. The van der Waals surface area contributed by atoms with Gasteiger partial charge in [0.25, 0.3) is 0 Å². The zero-order valence-corrected chi connectivity index (χ0v) is 20.5. The average Bonchev–Trinajstić information content (AvgIpc) is 2.72. The first-order chi connectivity index (χ1) is 14.6. The lowest BCUT2D eigenvalue weighted by Gasteiger charge is -2.19. The minimum Gasteiger partial charge on any atom is -0.302 e. The Labute approximate surface area is 200 Å². The summed E-state index contributed by atoms with van der Waals surface area (Å²) >= 11 is 24.8. The van der Waals surface area contributed by atoms with Crippen molar-refractivity contribution >= 4 is 69.9 Å². The fourth-order valence-corrected chi connectivity index (χ4v) is 6.85. The van der Waals surface area contributed by atoms with E-state index in [0.717, 1.165) is 5.56 Å². The quantitative estimate of drug-likeness (QED) is 0.313. The van der Waals surface area contributed by atoms with E-state index < -0.39 is 18.2 Å². The molecule has 3 aromatic rings. The molecule has 160 valence electrons. The molecule has 3 aromatic carbocycles. The molecule has 31 heavy (non-hydrogen) atoms. The molecule has 3 rings (SSSR count). The second kappa shape index (κ2) is 9.48. The van der Waals surface area contributed by atoms with Gasteiger partial charge in [-0.15, -0.1) is 0 Å². The Morgan fingerprint density at radius 3 is 1.35 bits per heavy atom. The third-order valence-corrected chi connectivity index (χ3v) is 8.73. The molecular weight excluding hydrogens is 497 g/mol. The molecule has 0 spiro atoms. The summed E-state index contributed by atoms with van der Waals surface area (Å²) in [6.07, 6.45) is 0. The third-order valence-electron chi connectivity index (χ3n) is 4.85. The van der Waals surface area contributed by atoms with E-state index in [1.807, 2.05) is 13.8 Å². The van der Waals surface area contributed by atoms with Crippen molar-refractivity contribution in [1.82, 2.24) is 0 Å². The molecule has 0 aliphatic carbocycles. The minimum atomic E-state index is -4.47. The van der Waals surface area contributed by atoms with Crippen molar-refractivity contribution in [1.29, 1.82) is 0 Å². The van der Waals surface area contributed by atoms with Crippen LogP contribution in [-0.4, -0.2) is 11.0 Å². The molecule has 3 nitrogen and oxygen atoms in total. The van der Waals surface area contributed by atoms with E-state index in [9.17, 15) is 14.2 Å². The number of rotatable bonds is 6. The molecule has 0 aromatic heterocycles. The normalized spacial score (nSPS) is 11.6. The largest absolute Gasteiger partial charge is 0.302 e. The highest BCUT2D eigenvalue weighted by atomic mass is 35.5. The lowest BCUT2D eigenvalue weighted by atomic mass is 10.0. The lowest BCUT2D eigenvalue weighted by Crippen LogP contribution is -2.21. The number of halogens is 4. The van der Waals surface area contributed by atoms with Gasteiger partial charge in [0.1, 0.15) is 0 Å². The van der Waals surface area contributed by atoms with Gasteiger partial charge in [-0.3, -0.25) is 9.59 Å². The number of hydrogen-bond acceptors (Lipinski definition) is 3. The van der Waals surface area contributed by atoms with Gasteiger partial charge in [0.05, 0.1) is 31.2 Å². The summed E-state index contributed by atoms with van der Waals surface area (Å²) in [5.74, 6) is 0.205. The molecule has 0 heterocycles. The maximum absolute atomic E-state index is 14.4. The van der Waals surface area contributed by atoms with Crippen LogP contribution in [0.2, 0.25) is 20.1 Å². The van der Waals surface area contributed by atoms with E-state index in [0.29, 0.717) is 0 Å². The zero-order valence-electron chi connectivity index (χ0n) is 16.5. The number of carbonyl (C=O) groups is 2. The lowest BCUT2D eigenvalue weighted by molar-refractivity contribution is 0.104. The predicted molar refractivity (Wildman–Crippen MR) is 129 cm³/mol. The second-order valence-corrected chi connectivity index (χ2v) is 11.3.